The van der Waals surface area contributed by atoms with Crippen LogP contribution in [0.4, 0.5) is 5.82 Å². The number of methoxy groups -OCH3 is 2. The number of nitrogens with zero attached hydrogens (tertiary/aromatic N) is 4. The lowest BCUT2D eigenvalue weighted by molar-refractivity contribution is -0.130. The number of aliphatic hydroxyl groups excluding tert-OH is 2. The van der Waals surface area contributed by atoms with E-state index in [-0.39, 0.29) is 29.2 Å². The van der Waals surface area contributed by atoms with Crippen molar-refractivity contribution < 1.29 is 34.0 Å². The number of nitrogen functional groups attached to an aromatic ring is 1. The molecule has 1 saturated heterocycles. The molecule has 254 valence electrons. The van der Waals surface area contributed by atoms with Crippen LogP contribution in [0.25, 0.3) is 11.2 Å². The van der Waals surface area contributed by atoms with E-state index in [1.807, 2.05) is 78.9 Å². The topological polar surface area (TPSA) is 164 Å². The van der Waals surface area contributed by atoms with E-state index in [9.17, 15) is 15.0 Å². The highest BCUT2D eigenvalue weighted by molar-refractivity contribution is 6.02. The summed E-state index contributed by atoms with van der Waals surface area (Å²) >= 11 is 0. The largest absolute Gasteiger partial charge is 0.497 e. The summed E-state index contributed by atoms with van der Waals surface area (Å²) in [6, 6.07) is 33.0. The van der Waals surface area contributed by atoms with Gasteiger partial charge in [0, 0.05) is 5.56 Å². The molecule has 4 atom stereocenters. The molecule has 1 fully saturated rings. The van der Waals surface area contributed by atoms with Crippen molar-refractivity contribution in [3.63, 3.8) is 0 Å². The van der Waals surface area contributed by atoms with E-state index in [0.29, 0.717) is 11.5 Å². The first-order valence-electron chi connectivity index (χ1n) is 15.9. The highest BCUT2D eigenvalue weighted by Crippen LogP contribution is 2.45. The van der Waals surface area contributed by atoms with Crippen LogP contribution in [0.5, 0.6) is 11.5 Å². The fraction of sp³-hybridized carbons (Fsp3) is 0.211. The Morgan fingerprint density at radius 1 is 0.820 bits per heavy atom. The van der Waals surface area contributed by atoms with Gasteiger partial charge in [-0.1, -0.05) is 84.9 Å². The number of aromatic nitrogens is 4. The second kappa shape index (κ2) is 13.3. The molecular formula is C38H35N5O7. The summed E-state index contributed by atoms with van der Waals surface area (Å²) in [5.41, 5.74) is 5.50. The number of hydrogen-bond acceptors (Lipinski definition) is 11. The lowest BCUT2D eigenvalue weighted by Crippen LogP contribution is -2.51. The van der Waals surface area contributed by atoms with E-state index < -0.39 is 35.4 Å². The van der Waals surface area contributed by atoms with Crippen molar-refractivity contribution in [1.29, 1.82) is 0 Å². The van der Waals surface area contributed by atoms with Crippen molar-refractivity contribution >= 4 is 22.8 Å². The zero-order chi connectivity index (χ0) is 34.9. The highest BCUT2D eigenvalue weighted by atomic mass is 16.6. The lowest BCUT2D eigenvalue weighted by atomic mass is 9.80. The molecule has 50 heavy (non-hydrogen) atoms. The summed E-state index contributed by atoms with van der Waals surface area (Å²) in [5.74, 6) is 0.771. The van der Waals surface area contributed by atoms with Crippen molar-refractivity contribution in [2.75, 3.05) is 26.6 Å². The van der Waals surface area contributed by atoms with Gasteiger partial charge in [-0.2, -0.15) is 0 Å². The number of rotatable bonds is 11. The Kier molecular flexibility index (Phi) is 8.76. The van der Waals surface area contributed by atoms with E-state index in [0.717, 1.165) is 16.7 Å². The molecule has 1 aliphatic heterocycles. The molecule has 4 aromatic carbocycles. The second-order valence-electron chi connectivity index (χ2n) is 11.8. The Morgan fingerprint density at radius 3 is 1.96 bits per heavy atom. The third-order valence-corrected chi connectivity index (χ3v) is 9.15. The Hall–Kier alpha value is -5.66. The van der Waals surface area contributed by atoms with Gasteiger partial charge in [0.25, 0.3) is 0 Å². The Morgan fingerprint density at radius 2 is 1.38 bits per heavy atom. The van der Waals surface area contributed by atoms with Gasteiger partial charge in [-0.15, -0.1) is 0 Å². The molecule has 0 unspecified atom stereocenters. The van der Waals surface area contributed by atoms with Crippen LogP contribution in [0.3, 0.4) is 0 Å². The molecule has 0 aliphatic carbocycles. The summed E-state index contributed by atoms with van der Waals surface area (Å²) < 4.78 is 25.8. The van der Waals surface area contributed by atoms with Crippen molar-refractivity contribution in [3.05, 3.63) is 144 Å². The number of Topliss-reactive ketones (excluding diaryl/α,β-unsaturated/α-hetero) is 1. The maximum atomic E-state index is 14.5. The summed E-state index contributed by atoms with van der Waals surface area (Å²) in [5, 5.41) is 23.6. The number of hydrogen-bond donors (Lipinski definition) is 3. The number of ketones is 1. The van der Waals surface area contributed by atoms with Gasteiger partial charge in [0.05, 0.1) is 20.8 Å². The van der Waals surface area contributed by atoms with Gasteiger partial charge in [0.15, 0.2) is 11.5 Å². The maximum Gasteiger partial charge on any atom is 0.241 e. The van der Waals surface area contributed by atoms with Gasteiger partial charge in [-0.25, -0.2) is 15.0 Å². The fourth-order valence-corrected chi connectivity index (χ4v) is 6.61. The van der Waals surface area contributed by atoms with E-state index in [4.69, 9.17) is 24.7 Å². The monoisotopic (exact) mass is 673 g/mol. The summed E-state index contributed by atoms with van der Waals surface area (Å²) in [7, 11) is 3.19. The van der Waals surface area contributed by atoms with Crippen LogP contribution in [-0.2, 0) is 20.8 Å². The van der Waals surface area contributed by atoms with E-state index >= 15 is 0 Å². The predicted octanol–water partition coefficient (Wildman–Crippen LogP) is 4.09. The Bertz CT molecular complexity index is 2040. The van der Waals surface area contributed by atoms with Gasteiger partial charge >= 0.3 is 0 Å². The van der Waals surface area contributed by atoms with Crippen molar-refractivity contribution in [3.8, 4) is 11.5 Å². The molecule has 0 spiro atoms. The number of imidazole rings is 1. The SMILES string of the molecule is COc1ccc(C(OC[C@H]2O[C@@](C(=O)c3ccccc3)(n3cnc4c(N)ncnc43)[C@H](O)[C@@H]2O)(c2ccccc2)c2ccc(OC)cc2)cc1. The highest BCUT2D eigenvalue weighted by Gasteiger charge is 2.61. The molecule has 6 aromatic rings. The summed E-state index contributed by atoms with van der Waals surface area (Å²) in [6.07, 6.45) is -2.04. The second-order valence-corrected chi connectivity index (χ2v) is 11.8. The first-order valence-corrected chi connectivity index (χ1v) is 15.9. The zero-order valence-corrected chi connectivity index (χ0v) is 27.3. The van der Waals surface area contributed by atoms with Crippen LogP contribution < -0.4 is 15.2 Å². The van der Waals surface area contributed by atoms with E-state index in [2.05, 4.69) is 15.0 Å². The molecule has 0 radical (unpaired) electrons. The van der Waals surface area contributed by atoms with Gasteiger partial charge in [0.1, 0.15) is 53.6 Å². The van der Waals surface area contributed by atoms with Crippen LogP contribution in [0.2, 0.25) is 0 Å². The van der Waals surface area contributed by atoms with Gasteiger partial charge < -0.3 is 34.9 Å². The number of benzene rings is 4. The van der Waals surface area contributed by atoms with Crippen molar-refractivity contribution in [2.24, 2.45) is 0 Å². The van der Waals surface area contributed by atoms with Crippen molar-refractivity contribution in [2.45, 2.75) is 29.6 Å². The van der Waals surface area contributed by atoms with Gasteiger partial charge in [-0.05, 0) is 41.0 Å². The van der Waals surface area contributed by atoms with Crippen LogP contribution >= 0.6 is 0 Å². The maximum absolute atomic E-state index is 14.5. The minimum atomic E-state index is -2.19. The minimum absolute atomic E-state index is 0.0793. The number of nitrogens with two attached hydrogens (primary N) is 1. The van der Waals surface area contributed by atoms with E-state index in [1.54, 1.807) is 44.6 Å². The summed E-state index contributed by atoms with van der Waals surface area (Å²) in [6.45, 7) is -0.265. The average molecular weight is 674 g/mol. The van der Waals surface area contributed by atoms with E-state index in [1.165, 1.54) is 17.2 Å². The number of carbonyl (C=O) groups is 1. The zero-order valence-electron chi connectivity index (χ0n) is 27.3. The average Bonchev–Trinajstić information content (AvgIpc) is 3.72. The molecule has 0 saturated carbocycles. The third-order valence-electron chi connectivity index (χ3n) is 9.15. The molecule has 3 heterocycles. The standard InChI is InChI=1S/C38H35N5O7/c1-47-28-17-13-26(14-18-28)37(25-11-7-4-8-12-25,27-15-19-29(48-2)20-16-27)49-21-30-32(44)34(46)38(50-30,33(45)24-9-5-3-6-10-24)43-23-42-31-35(39)40-22-41-36(31)43/h3-20,22-23,30,32,34,44,46H,21H2,1-2H3,(H2,39,40,41)/t30-,32-,34-,38-/m1/s1. The smallest absolute Gasteiger partial charge is 0.241 e. The van der Waals surface area contributed by atoms with Crippen LogP contribution in [0.1, 0.15) is 27.0 Å². The van der Waals surface area contributed by atoms with Crippen LogP contribution in [0.15, 0.2) is 122 Å². The minimum Gasteiger partial charge on any atom is -0.497 e. The van der Waals surface area contributed by atoms with Crippen LogP contribution in [0, 0.1) is 0 Å². The van der Waals surface area contributed by atoms with Gasteiger partial charge in [-0.3, -0.25) is 9.36 Å². The molecule has 12 heteroatoms. The number of carbonyl (C=O) groups excluding carboxylic acids is 1. The molecule has 7 rings (SSSR count). The Labute approximate surface area is 287 Å². The predicted molar refractivity (Wildman–Crippen MR) is 184 cm³/mol. The molecule has 2 aromatic heterocycles. The third kappa shape index (κ3) is 5.35. The normalized spacial score (nSPS) is 20.5. The first-order chi connectivity index (χ1) is 24.3. The molecule has 0 amide bonds. The molecule has 12 nitrogen and oxygen atoms in total. The molecular weight excluding hydrogens is 638 g/mol. The number of ether oxygens (including phenoxy) is 4. The number of fused-ring (bicyclic) bond motifs is 1. The number of anilines is 1. The fourth-order valence-electron chi connectivity index (χ4n) is 6.61. The summed E-state index contributed by atoms with van der Waals surface area (Å²) in [4.78, 5) is 27.2. The first kappa shape index (κ1) is 32.9. The molecule has 0 bridgehead atoms. The number of aliphatic hydroxyl groups is 2. The van der Waals surface area contributed by atoms with Crippen molar-refractivity contribution in [1.82, 2.24) is 19.5 Å². The molecule has 1 aliphatic rings. The quantitative estimate of drug-likeness (QED) is 0.134. The van der Waals surface area contributed by atoms with Gasteiger partial charge in [0.2, 0.25) is 11.5 Å². The van der Waals surface area contributed by atoms with Crippen LogP contribution in [-0.4, -0.2) is 74.7 Å². The lowest BCUT2D eigenvalue weighted by Gasteiger charge is -2.37. The molecule has 4 N–H and O–H groups in total. The Balaban J connectivity index is 1.35.